The van der Waals surface area contributed by atoms with Crippen LogP contribution in [-0.4, -0.2) is 24.8 Å². The van der Waals surface area contributed by atoms with Crippen LogP contribution in [0.2, 0.25) is 0 Å². The molecule has 0 bridgehead atoms. The van der Waals surface area contributed by atoms with Crippen molar-refractivity contribution in [3.8, 4) is 0 Å². The molecule has 5 atom stereocenters. The molecule has 24 heavy (non-hydrogen) atoms. The van der Waals surface area contributed by atoms with Gasteiger partial charge in [-0.2, -0.15) is 0 Å². The zero-order chi connectivity index (χ0) is 16.4. The zero-order valence-electron chi connectivity index (χ0n) is 14.9. The van der Waals surface area contributed by atoms with Crippen LogP contribution in [0.25, 0.3) is 0 Å². The third-order valence-corrected chi connectivity index (χ3v) is 8.28. The minimum atomic E-state index is -0.449. The highest BCUT2D eigenvalue weighted by Gasteiger charge is 2.68. The van der Waals surface area contributed by atoms with Crippen LogP contribution in [-0.2, 0) is 14.3 Å². The molecule has 1 spiro atoms. The lowest BCUT2D eigenvalue weighted by Gasteiger charge is -2.55. The number of fused-ring (bicyclic) bond motifs is 6. The maximum absolute atomic E-state index is 13.4. The van der Waals surface area contributed by atoms with Gasteiger partial charge in [-0.15, -0.1) is 0 Å². The van der Waals surface area contributed by atoms with Crippen molar-refractivity contribution in [3.05, 3.63) is 11.6 Å². The lowest BCUT2D eigenvalue weighted by molar-refractivity contribution is -0.244. The van der Waals surface area contributed by atoms with Crippen LogP contribution >= 0.6 is 0 Å². The number of allylic oxidation sites excluding steroid dienone is 2. The third kappa shape index (κ3) is 1.83. The van der Waals surface area contributed by atoms with Crippen molar-refractivity contribution in [2.24, 2.45) is 29.1 Å². The molecule has 0 N–H and O–H groups in total. The van der Waals surface area contributed by atoms with Crippen molar-refractivity contribution >= 4 is 5.78 Å². The molecule has 0 amide bonds. The third-order valence-electron chi connectivity index (χ3n) is 8.28. The molecule has 3 nitrogen and oxygen atoms in total. The predicted octanol–water partition coefficient (Wildman–Crippen LogP) is 4.26. The molecular formula is C21H30O3. The van der Waals surface area contributed by atoms with Crippen molar-refractivity contribution < 1.29 is 14.3 Å². The molecule has 0 aromatic heterocycles. The molecule has 3 heteroatoms. The smallest absolute Gasteiger partial charge is 0.174 e. The summed E-state index contributed by atoms with van der Waals surface area (Å²) in [5, 5.41) is 0. The lowest BCUT2D eigenvalue weighted by Crippen LogP contribution is -2.57. The number of carbonyl (C=O) groups is 1. The Morgan fingerprint density at radius 3 is 2.83 bits per heavy atom. The Labute approximate surface area is 145 Å². The summed E-state index contributed by atoms with van der Waals surface area (Å²) in [6.45, 7) is 3.66. The number of hydrogen-bond acceptors (Lipinski definition) is 3. The summed E-state index contributed by atoms with van der Waals surface area (Å²) < 4.78 is 12.4. The van der Waals surface area contributed by atoms with Gasteiger partial charge >= 0.3 is 0 Å². The van der Waals surface area contributed by atoms with Crippen LogP contribution in [0.1, 0.15) is 64.7 Å². The monoisotopic (exact) mass is 330 g/mol. The van der Waals surface area contributed by atoms with E-state index >= 15 is 0 Å². The number of ether oxygens (including phenoxy) is 2. The fraction of sp³-hybridized carbons (Fsp3) is 0.857. The first-order valence-electron chi connectivity index (χ1n) is 10.2. The highest BCUT2D eigenvalue weighted by atomic mass is 16.7. The maximum atomic E-state index is 13.4. The minimum absolute atomic E-state index is 0.0579. The van der Waals surface area contributed by atoms with Gasteiger partial charge in [0.05, 0.1) is 13.2 Å². The highest BCUT2D eigenvalue weighted by molar-refractivity contribution is 5.84. The Balaban J connectivity index is 1.54. The van der Waals surface area contributed by atoms with E-state index < -0.39 is 5.79 Å². The first-order chi connectivity index (χ1) is 11.7. The van der Waals surface area contributed by atoms with E-state index in [1.807, 2.05) is 0 Å². The Bertz CT molecular complexity index is 574. The fourth-order valence-corrected chi connectivity index (χ4v) is 7.40. The van der Waals surface area contributed by atoms with Gasteiger partial charge in [-0.1, -0.05) is 18.6 Å². The molecule has 132 valence electrons. The number of hydrogen-bond donors (Lipinski definition) is 0. The molecule has 1 aliphatic heterocycles. The molecule has 3 saturated carbocycles. The second-order valence-electron chi connectivity index (χ2n) is 8.79. The van der Waals surface area contributed by atoms with Gasteiger partial charge in [0, 0.05) is 24.2 Å². The van der Waals surface area contributed by atoms with Gasteiger partial charge in [0.25, 0.3) is 0 Å². The Hall–Kier alpha value is -0.670. The van der Waals surface area contributed by atoms with E-state index in [4.69, 9.17) is 9.47 Å². The first kappa shape index (κ1) is 15.6. The van der Waals surface area contributed by atoms with Gasteiger partial charge in [0.15, 0.2) is 5.79 Å². The molecule has 5 aliphatic rings. The second kappa shape index (κ2) is 5.41. The number of ketones is 1. The summed E-state index contributed by atoms with van der Waals surface area (Å²) in [6, 6.07) is 0. The van der Waals surface area contributed by atoms with E-state index in [9.17, 15) is 4.79 Å². The Morgan fingerprint density at radius 1 is 1.21 bits per heavy atom. The molecule has 0 radical (unpaired) electrons. The molecule has 5 rings (SSSR count). The minimum Gasteiger partial charge on any atom is -0.347 e. The van der Waals surface area contributed by atoms with Gasteiger partial charge in [-0.05, 0) is 62.7 Å². The van der Waals surface area contributed by atoms with Crippen molar-refractivity contribution in [2.45, 2.75) is 70.5 Å². The SMILES string of the molecule is CC[C@]12CC(=O)[C@H]3[C@@H](CCC4=CCCC[C@@H]43)[C@@H]1CCC21OCCO1. The van der Waals surface area contributed by atoms with Crippen LogP contribution in [0, 0.1) is 29.1 Å². The van der Waals surface area contributed by atoms with E-state index in [1.54, 1.807) is 5.57 Å². The molecule has 0 aromatic carbocycles. The van der Waals surface area contributed by atoms with E-state index in [2.05, 4.69) is 13.0 Å². The summed E-state index contributed by atoms with van der Waals surface area (Å²) in [6.07, 6.45) is 12.5. The molecule has 4 fully saturated rings. The summed E-state index contributed by atoms with van der Waals surface area (Å²) in [5.74, 6) is 2.12. The Morgan fingerprint density at radius 2 is 2.04 bits per heavy atom. The van der Waals surface area contributed by atoms with Crippen LogP contribution in [0.3, 0.4) is 0 Å². The molecule has 1 saturated heterocycles. The van der Waals surface area contributed by atoms with Crippen molar-refractivity contribution in [1.29, 1.82) is 0 Å². The van der Waals surface area contributed by atoms with E-state index in [-0.39, 0.29) is 5.41 Å². The van der Waals surface area contributed by atoms with E-state index in [0.717, 1.165) is 12.8 Å². The molecule has 4 aliphatic carbocycles. The predicted molar refractivity (Wildman–Crippen MR) is 91.3 cm³/mol. The number of Topliss-reactive ketones (excluding diaryl/α,β-unsaturated/α-hetero) is 1. The maximum Gasteiger partial charge on any atom is 0.174 e. The summed E-state index contributed by atoms with van der Waals surface area (Å²) in [5.41, 5.74) is 1.55. The van der Waals surface area contributed by atoms with E-state index in [0.29, 0.717) is 49.1 Å². The van der Waals surface area contributed by atoms with E-state index in [1.165, 1.54) is 38.5 Å². The van der Waals surface area contributed by atoms with Crippen molar-refractivity contribution in [2.75, 3.05) is 13.2 Å². The summed E-state index contributed by atoms with van der Waals surface area (Å²) in [7, 11) is 0. The van der Waals surface area contributed by atoms with Gasteiger partial charge in [0.1, 0.15) is 5.78 Å². The summed E-state index contributed by atoms with van der Waals surface area (Å²) >= 11 is 0. The first-order valence-corrected chi connectivity index (χ1v) is 10.2. The van der Waals surface area contributed by atoms with Crippen LogP contribution in [0.15, 0.2) is 11.6 Å². The van der Waals surface area contributed by atoms with Gasteiger partial charge in [0.2, 0.25) is 0 Å². The molecule has 0 aromatic rings. The highest BCUT2D eigenvalue weighted by Crippen LogP contribution is 2.67. The fourth-order valence-electron chi connectivity index (χ4n) is 7.40. The quantitative estimate of drug-likeness (QED) is 0.674. The average Bonchev–Trinajstić information content (AvgIpc) is 3.22. The van der Waals surface area contributed by atoms with Crippen LogP contribution < -0.4 is 0 Å². The van der Waals surface area contributed by atoms with Crippen LogP contribution in [0.4, 0.5) is 0 Å². The largest absolute Gasteiger partial charge is 0.347 e. The average molecular weight is 330 g/mol. The molecule has 0 unspecified atom stereocenters. The molecular weight excluding hydrogens is 300 g/mol. The van der Waals surface area contributed by atoms with Crippen molar-refractivity contribution in [1.82, 2.24) is 0 Å². The van der Waals surface area contributed by atoms with Crippen molar-refractivity contribution in [3.63, 3.8) is 0 Å². The zero-order valence-corrected chi connectivity index (χ0v) is 14.9. The van der Waals surface area contributed by atoms with Gasteiger partial charge in [-0.3, -0.25) is 4.79 Å². The van der Waals surface area contributed by atoms with Gasteiger partial charge < -0.3 is 9.47 Å². The summed E-state index contributed by atoms with van der Waals surface area (Å²) in [4.78, 5) is 13.4. The molecule has 1 heterocycles. The Kier molecular flexibility index (Phi) is 3.51. The van der Waals surface area contributed by atoms with Crippen LogP contribution in [0.5, 0.6) is 0 Å². The second-order valence-corrected chi connectivity index (χ2v) is 8.79. The number of carbonyl (C=O) groups excluding carboxylic acids is 1. The lowest BCUT2D eigenvalue weighted by atomic mass is 9.50. The normalized spacial score (nSPS) is 46.4. The topological polar surface area (TPSA) is 35.5 Å². The standard InChI is InChI=1S/C21H30O3/c1-2-20-13-18(22)19-15-6-4-3-5-14(15)7-8-16(19)17(20)9-10-21(20)23-11-12-24-21/h5,15-17,19H,2-4,6-13H2,1H3/t15-,16-,17-,19+,20-/m0/s1. The van der Waals surface area contributed by atoms with Gasteiger partial charge in [-0.25, -0.2) is 0 Å². The number of rotatable bonds is 1.